The number of thiazole rings is 1. The first-order valence-electron chi connectivity index (χ1n) is 7.37. The molecule has 0 bridgehead atoms. The molecule has 2 rings (SSSR count). The highest BCUT2D eigenvalue weighted by molar-refractivity contribution is 7.09. The topological polar surface area (TPSA) is 72.8 Å². The lowest BCUT2D eigenvalue weighted by Crippen LogP contribution is -2.45. The summed E-state index contributed by atoms with van der Waals surface area (Å²) in [7, 11) is 1.71. The molecule has 1 aliphatic heterocycles. The van der Waals surface area contributed by atoms with E-state index in [2.05, 4.69) is 12.1 Å². The van der Waals surface area contributed by atoms with Crippen molar-refractivity contribution in [3.8, 4) is 0 Å². The van der Waals surface area contributed by atoms with Crippen LogP contribution in [0.1, 0.15) is 37.4 Å². The zero-order valence-electron chi connectivity index (χ0n) is 13.9. The van der Waals surface area contributed by atoms with Gasteiger partial charge >= 0.3 is 11.0 Å². The van der Waals surface area contributed by atoms with E-state index in [0.717, 1.165) is 10.6 Å². The Hall–Kier alpha value is -1.64. The fraction of sp³-hybridized carbons (Fsp3) is 0.600. The van der Waals surface area contributed by atoms with Gasteiger partial charge in [-0.3, -0.25) is 9.63 Å². The first kappa shape index (κ1) is 17.7. The van der Waals surface area contributed by atoms with Crippen molar-refractivity contribution < 1.29 is 14.4 Å². The second-order valence-electron chi connectivity index (χ2n) is 6.37. The number of aromatic nitrogens is 1. The highest BCUT2D eigenvalue weighted by Crippen LogP contribution is 2.29. The third-order valence-corrected chi connectivity index (χ3v) is 4.49. The van der Waals surface area contributed by atoms with Crippen molar-refractivity contribution in [2.45, 2.75) is 39.0 Å². The molecule has 1 unspecified atom stereocenters. The van der Waals surface area contributed by atoms with Crippen molar-refractivity contribution in [3.05, 3.63) is 32.9 Å². The van der Waals surface area contributed by atoms with E-state index >= 15 is 0 Å². The predicted molar refractivity (Wildman–Crippen MR) is 88.2 cm³/mol. The predicted octanol–water partition coefficient (Wildman–Crippen LogP) is 1.95. The Kier molecular flexibility index (Phi) is 5.28. The van der Waals surface area contributed by atoms with Crippen molar-refractivity contribution in [1.82, 2.24) is 14.9 Å². The Bertz CT molecular complexity index is 644. The maximum absolute atomic E-state index is 12.4. The fourth-order valence-electron chi connectivity index (χ4n) is 2.27. The van der Waals surface area contributed by atoms with E-state index in [9.17, 15) is 9.59 Å². The molecular formula is C15H23N3O4S. The van der Waals surface area contributed by atoms with E-state index < -0.39 is 11.7 Å². The molecule has 1 amide bonds. The number of ether oxygens (including phenoxy) is 1. The van der Waals surface area contributed by atoms with Crippen LogP contribution in [0, 0.1) is 0 Å². The van der Waals surface area contributed by atoms with Crippen molar-refractivity contribution in [3.63, 3.8) is 0 Å². The van der Waals surface area contributed by atoms with Crippen LogP contribution in [0.2, 0.25) is 0 Å². The van der Waals surface area contributed by atoms with E-state index in [1.807, 2.05) is 20.8 Å². The maximum atomic E-state index is 12.4. The van der Waals surface area contributed by atoms with Crippen LogP contribution in [-0.4, -0.2) is 34.3 Å². The number of amides is 1. The second-order valence-corrected chi connectivity index (χ2v) is 7.36. The van der Waals surface area contributed by atoms with Gasteiger partial charge in [0.2, 0.25) is 0 Å². The maximum Gasteiger partial charge on any atom is 0.410 e. The van der Waals surface area contributed by atoms with Crippen LogP contribution < -0.4 is 10.4 Å². The number of fused-ring (bicyclic) bond motifs is 1. The summed E-state index contributed by atoms with van der Waals surface area (Å²) in [4.78, 5) is 32.0. The SMILES string of the molecule is C=CCONC1CN(C(=O)OC(C)(C)C)Cc2c1sc(=O)n2C. The molecule has 8 heteroatoms. The Balaban J connectivity index is 2.23. The molecule has 128 valence electrons. The number of carbonyl (C=O) groups is 1. The molecule has 1 N–H and O–H groups in total. The normalized spacial score (nSPS) is 17.7. The third kappa shape index (κ3) is 4.21. The highest BCUT2D eigenvalue weighted by Gasteiger charge is 2.34. The zero-order chi connectivity index (χ0) is 17.2. The number of nitrogens with one attached hydrogen (secondary N) is 1. The minimum atomic E-state index is -0.569. The molecule has 1 aliphatic rings. The number of rotatable bonds is 4. The summed E-state index contributed by atoms with van der Waals surface area (Å²) in [6.07, 6.45) is 1.22. The molecule has 2 heterocycles. The van der Waals surface area contributed by atoms with Gasteiger partial charge in [-0.2, -0.15) is 5.48 Å². The molecule has 1 aromatic rings. The average Bonchev–Trinajstić information content (AvgIpc) is 2.73. The summed E-state index contributed by atoms with van der Waals surface area (Å²) in [5, 5.41) is 0. The van der Waals surface area contributed by atoms with E-state index in [-0.39, 0.29) is 10.9 Å². The number of nitrogens with zero attached hydrogens (tertiary/aromatic N) is 2. The average molecular weight is 341 g/mol. The molecule has 7 nitrogen and oxygen atoms in total. The quantitative estimate of drug-likeness (QED) is 0.515. The summed E-state index contributed by atoms with van der Waals surface area (Å²) in [6.45, 7) is 10.1. The standard InChI is InChI=1S/C15H23N3O4S/c1-6-7-21-16-10-8-18(13(19)22-15(2,3)4)9-11-12(10)23-14(20)17(11)5/h6,10,16H,1,7-9H2,2-5H3. The minimum absolute atomic E-state index is 0.0587. The minimum Gasteiger partial charge on any atom is -0.444 e. The number of hydrogen-bond donors (Lipinski definition) is 1. The van der Waals surface area contributed by atoms with Crippen LogP contribution in [-0.2, 0) is 23.2 Å². The van der Waals surface area contributed by atoms with Crippen LogP contribution in [0.25, 0.3) is 0 Å². The first-order valence-corrected chi connectivity index (χ1v) is 8.19. The van der Waals surface area contributed by atoms with Crippen LogP contribution in [0.4, 0.5) is 4.79 Å². The number of carbonyl (C=O) groups excluding carboxylic acids is 1. The van der Waals surface area contributed by atoms with Gasteiger partial charge in [0.25, 0.3) is 0 Å². The van der Waals surface area contributed by atoms with Gasteiger partial charge in [-0.25, -0.2) is 4.79 Å². The molecule has 0 fully saturated rings. The molecule has 0 spiro atoms. The summed E-state index contributed by atoms with van der Waals surface area (Å²) in [6, 6.07) is -0.273. The van der Waals surface area contributed by atoms with Crippen molar-refractivity contribution in [1.29, 1.82) is 0 Å². The molecule has 1 aromatic heterocycles. The van der Waals surface area contributed by atoms with Gasteiger partial charge in [0.15, 0.2) is 0 Å². The Morgan fingerprint density at radius 3 is 2.83 bits per heavy atom. The number of hydrogen-bond acceptors (Lipinski definition) is 6. The van der Waals surface area contributed by atoms with Crippen molar-refractivity contribution >= 4 is 17.4 Å². The summed E-state index contributed by atoms with van der Waals surface area (Å²) >= 11 is 1.17. The van der Waals surface area contributed by atoms with Gasteiger partial charge < -0.3 is 14.2 Å². The van der Waals surface area contributed by atoms with E-state index in [4.69, 9.17) is 9.57 Å². The highest BCUT2D eigenvalue weighted by atomic mass is 32.1. The molecule has 0 aromatic carbocycles. The first-order chi connectivity index (χ1) is 10.7. The monoisotopic (exact) mass is 341 g/mol. The lowest BCUT2D eigenvalue weighted by molar-refractivity contribution is -0.00170. The lowest BCUT2D eigenvalue weighted by atomic mass is 10.1. The Labute approximate surface area is 139 Å². The Morgan fingerprint density at radius 1 is 1.52 bits per heavy atom. The summed E-state index contributed by atoms with van der Waals surface area (Å²) in [5.41, 5.74) is 3.14. The lowest BCUT2D eigenvalue weighted by Gasteiger charge is -2.34. The third-order valence-electron chi connectivity index (χ3n) is 3.30. The molecule has 0 radical (unpaired) electrons. The smallest absolute Gasteiger partial charge is 0.410 e. The van der Waals surface area contributed by atoms with Crippen LogP contribution in [0.5, 0.6) is 0 Å². The van der Waals surface area contributed by atoms with E-state index in [0.29, 0.717) is 19.7 Å². The van der Waals surface area contributed by atoms with Gasteiger partial charge in [-0.05, 0) is 20.8 Å². The number of hydroxylamine groups is 1. The molecule has 0 saturated carbocycles. The van der Waals surface area contributed by atoms with Gasteiger partial charge in [0.05, 0.1) is 29.8 Å². The van der Waals surface area contributed by atoms with Gasteiger partial charge in [-0.1, -0.05) is 17.4 Å². The molecular weight excluding hydrogens is 318 g/mol. The molecule has 23 heavy (non-hydrogen) atoms. The zero-order valence-corrected chi connectivity index (χ0v) is 14.7. The van der Waals surface area contributed by atoms with Crippen LogP contribution in [0.15, 0.2) is 17.4 Å². The van der Waals surface area contributed by atoms with Crippen molar-refractivity contribution in [2.24, 2.45) is 7.05 Å². The summed E-state index contributed by atoms with van der Waals surface area (Å²) in [5.74, 6) is 0. The van der Waals surface area contributed by atoms with Crippen molar-refractivity contribution in [2.75, 3.05) is 13.2 Å². The Morgan fingerprint density at radius 2 is 2.22 bits per heavy atom. The van der Waals surface area contributed by atoms with Crippen LogP contribution >= 0.6 is 11.3 Å². The van der Waals surface area contributed by atoms with Gasteiger partial charge in [0, 0.05) is 13.6 Å². The molecule has 1 atom stereocenters. The van der Waals surface area contributed by atoms with E-state index in [1.165, 1.54) is 11.3 Å². The summed E-state index contributed by atoms with van der Waals surface area (Å²) < 4.78 is 7.00. The van der Waals surface area contributed by atoms with E-state index in [1.54, 1.807) is 22.6 Å². The molecule has 0 aliphatic carbocycles. The van der Waals surface area contributed by atoms with Crippen LogP contribution in [0.3, 0.4) is 0 Å². The fourth-order valence-corrected chi connectivity index (χ4v) is 3.29. The molecule has 0 saturated heterocycles. The van der Waals surface area contributed by atoms with Gasteiger partial charge in [0.1, 0.15) is 5.60 Å². The largest absolute Gasteiger partial charge is 0.444 e. The van der Waals surface area contributed by atoms with Gasteiger partial charge in [-0.15, -0.1) is 6.58 Å². The second kappa shape index (κ2) is 6.86.